The van der Waals surface area contributed by atoms with Crippen molar-refractivity contribution >= 4 is 34.3 Å². The van der Waals surface area contributed by atoms with Gasteiger partial charge >= 0.3 is 0 Å². The van der Waals surface area contributed by atoms with Crippen molar-refractivity contribution in [3.63, 3.8) is 0 Å². The van der Waals surface area contributed by atoms with Crippen molar-refractivity contribution in [3.8, 4) is 11.5 Å². The van der Waals surface area contributed by atoms with Crippen molar-refractivity contribution in [1.29, 1.82) is 0 Å². The van der Waals surface area contributed by atoms with Crippen molar-refractivity contribution in [1.82, 2.24) is 4.98 Å². The van der Waals surface area contributed by atoms with E-state index in [1.54, 1.807) is 43.5 Å². The van der Waals surface area contributed by atoms with Gasteiger partial charge in [0.1, 0.15) is 11.4 Å². The number of hydrogen-bond acceptors (Lipinski definition) is 6. The monoisotopic (exact) mass is 476 g/mol. The summed E-state index contributed by atoms with van der Waals surface area (Å²) in [5.41, 5.74) is 1.60. The number of anilines is 1. The van der Waals surface area contributed by atoms with Crippen LogP contribution < -0.4 is 19.8 Å². The number of carbonyl (C=O) groups excluding carboxylic acids is 1. The summed E-state index contributed by atoms with van der Waals surface area (Å²) in [5, 5.41) is 0.710. The van der Waals surface area contributed by atoms with Crippen molar-refractivity contribution in [2.45, 2.75) is 19.9 Å². The zero-order valence-electron chi connectivity index (χ0n) is 18.8. The van der Waals surface area contributed by atoms with E-state index in [9.17, 15) is 9.59 Å². The molecule has 2 aromatic heterocycles. The van der Waals surface area contributed by atoms with E-state index in [-0.39, 0.29) is 16.8 Å². The fourth-order valence-corrected chi connectivity index (χ4v) is 4.46. The van der Waals surface area contributed by atoms with Gasteiger partial charge in [-0.1, -0.05) is 23.7 Å². The number of halogens is 1. The van der Waals surface area contributed by atoms with E-state index in [1.165, 1.54) is 4.90 Å². The van der Waals surface area contributed by atoms with Crippen LogP contribution in [0.15, 0.2) is 63.8 Å². The third-order valence-corrected chi connectivity index (χ3v) is 5.99. The molecule has 0 spiro atoms. The highest BCUT2D eigenvalue weighted by Gasteiger charge is 2.44. The average Bonchev–Trinajstić information content (AvgIpc) is 3.12. The predicted molar refractivity (Wildman–Crippen MR) is 129 cm³/mol. The van der Waals surface area contributed by atoms with E-state index in [0.29, 0.717) is 45.5 Å². The number of rotatable bonds is 5. The SMILES string of the molecule is CCOc1ccc(C2c3c(oc4ccc(Cl)cc4c3=O)C(=O)N2c2cccc(C)n2)cc1OC. The van der Waals surface area contributed by atoms with Gasteiger partial charge in [0.2, 0.25) is 5.76 Å². The van der Waals surface area contributed by atoms with Crippen LogP contribution in [0.3, 0.4) is 0 Å². The molecule has 2 aromatic carbocycles. The minimum absolute atomic E-state index is 0.0130. The molecule has 1 unspecified atom stereocenters. The number of carbonyl (C=O) groups is 1. The van der Waals surface area contributed by atoms with E-state index in [1.807, 2.05) is 32.0 Å². The summed E-state index contributed by atoms with van der Waals surface area (Å²) in [4.78, 5) is 33.4. The van der Waals surface area contributed by atoms with Gasteiger partial charge in [0.25, 0.3) is 5.91 Å². The molecule has 4 aromatic rings. The Kier molecular flexibility index (Phi) is 5.49. The van der Waals surface area contributed by atoms with Crippen molar-refractivity contribution in [2.75, 3.05) is 18.6 Å². The summed E-state index contributed by atoms with van der Waals surface area (Å²) in [6.07, 6.45) is 0. The summed E-state index contributed by atoms with van der Waals surface area (Å²) in [6, 6.07) is 14.7. The third kappa shape index (κ3) is 3.49. The molecule has 8 heteroatoms. The number of benzene rings is 2. The first kappa shape index (κ1) is 22.0. The highest BCUT2D eigenvalue weighted by atomic mass is 35.5. The molecular formula is C26H21ClN2O5. The number of nitrogens with zero attached hydrogens (tertiary/aromatic N) is 2. The summed E-state index contributed by atoms with van der Waals surface area (Å²) >= 11 is 6.15. The van der Waals surface area contributed by atoms with Crippen molar-refractivity contribution < 1.29 is 18.7 Å². The van der Waals surface area contributed by atoms with Gasteiger partial charge in [0.05, 0.1) is 30.7 Å². The lowest BCUT2D eigenvalue weighted by Gasteiger charge is -2.25. The number of hydrogen-bond donors (Lipinski definition) is 0. The van der Waals surface area contributed by atoms with Gasteiger partial charge in [0.15, 0.2) is 16.9 Å². The maximum atomic E-state index is 13.7. The minimum Gasteiger partial charge on any atom is -0.493 e. The van der Waals surface area contributed by atoms with Gasteiger partial charge in [-0.3, -0.25) is 14.5 Å². The first-order valence-corrected chi connectivity index (χ1v) is 11.1. The van der Waals surface area contributed by atoms with Crippen molar-refractivity contribution in [2.24, 2.45) is 0 Å². The molecule has 0 radical (unpaired) electrons. The molecule has 172 valence electrons. The Labute approximate surface area is 200 Å². The molecule has 34 heavy (non-hydrogen) atoms. The number of pyridine rings is 1. The molecule has 0 N–H and O–H groups in total. The normalized spacial score (nSPS) is 15.0. The molecule has 0 saturated heterocycles. The van der Waals surface area contributed by atoms with E-state index >= 15 is 0 Å². The lowest BCUT2D eigenvalue weighted by atomic mass is 9.98. The van der Waals surface area contributed by atoms with Crippen molar-refractivity contribution in [3.05, 3.63) is 92.4 Å². The van der Waals surface area contributed by atoms with Crippen LogP contribution in [0, 0.1) is 6.92 Å². The molecular weight excluding hydrogens is 456 g/mol. The van der Waals surface area contributed by atoms with Gasteiger partial charge in [-0.05, 0) is 61.9 Å². The van der Waals surface area contributed by atoms with E-state index in [4.69, 9.17) is 25.5 Å². The predicted octanol–water partition coefficient (Wildman–Crippen LogP) is 5.31. The van der Waals surface area contributed by atoms with Crippen LogP contribution in [-0.4, -0.2) is 24.6 Å². The Hall–Kier alpha value is -3.84. The molecule has 7 nitrogen and oxygen atoms in total. The lowest BCUT2D eigenvalue weighted by molar-refractivity contribution is 0.0970. The number of aryl methyl sites for hydroxylation is 1. The summed E-state index contributed by atoms with van der Waals surface area (Å²) in [7, 11) is 1.54. The molecule has 0 aliphatic carbocycles. The molecule has 1 amide bonds. The third-order valence-electron chi connectivity index (χ3n) is 5.76. The van der Waals surface area contributed by atoms with Crippen LogP contribution >= 0.6 is 11.6 Å². The largest absolute Gasteiger partial charge is 0.493 e. The van der Waals surface area contributed by atoms with Gasteiger partial charge in [-0.25, -0.2) is 4.98 Å². The first-order chi connectivity index (χ1) is 16.4. The Balaban J connectivity index is 1.80. The fraction of sp³-hybridized carbons (Fsp3) is 0.192. The smallest absolute Gasteiger partial charge is 0.296 e. The van der Waals surface area contributed by atoms with Gasteiger partial charge in [-0.2, -0.15) is 0 Å². The Morgan fingerprint density at radius 2 is 1.91 bits per heavy atom. The van der Waals surface area contributed by atoms with Gasteiger partial charge < -0.3 is 13.9 Å². The summed E-state index contributed by atoms with van der Waals surface area (Å²) in [6.45, 7) is 4.19. The van der Waals surface area contributed by atoms with Crippen LogP contribution in [0.25, 0.3) is 11.0 Å². The maximum Gasteiger partial charge on any atom is 0.296 e. The maximum absolute atomic E-state index is 13.7. The average molecular weight is 477 g/mol. The lowest BCUT2D eigenvalue weighted by Crippen LogP contribution is -2.30. The van der Waals surface area contributed by atoms with Gasteiger partial charge in [0, 0.05) is 10.7 Å². The number of ether oxygens (including phenoxy) is 2. The molecule has 0 bridgehead atoms. The Bertz CT molecular complexity index is 1500. The number of fused-ring (bicyclic) bond motifs is 2. The first-order valence-electron chi connectivity index (χ1n) is 10.8. The molecule has 0 fully saturated rings. The Morgan fingerprint density at radius 3 is 2.65 bits per heavy atom. The highest BCUT2D eigenvalue weighted by molar-refractivity contribution is 6.31. The standard InChI is InChI=1S/C26H21ClN2O5/c1-4-33-19-10-8-15(12-20(19)32-3)23-22-24(30)17-13-16(27)9-11-18(17)34-25(22)26(31)29(23)21-7-5-6-14(2)28-21/h5-13,23H,4H2,1-3H3. The summed E-state index contributed by atoms with van der Waals surface area (Å²) in [5.74, 6) is 1.01. The fourth-order valence-electron chi connectivity index (χ4n) is 4.29. The Morgan fingerprint density at radius 1 is 1.09 bits per heavy atom. The zero-order chi connectivity index (χ0) is 24.0. The van der Waals surface area contributed by atoms with E-state index in [0.717, 1.165) is 5.69 Å². The topological polar surface area (TPSA) is 81.9 Å². The van der Waals surface area contributed by atoms with Crippen LogP contribution in [-0.2, 0) is 0 Å². The molecule has 1 aliphatic rings. The second kappa shape index (κ2) is 8.50. The van der Waals surface area contributed by atoms with Crippen LogP contribution in [0.5, 0.6) is 11.5 Å². The van der Waals surface area contributed by atoms with E-state index < -0.39 is 11.9 Å². The minimum atomic E-state index is -0.777. The van der Waals surface area contributed by atoms with Crippen LogP contribution in [0.4, 0.5) is 5.82 Å². The molecule has 0 saturated carbocycles. The van der Waals surface area contributed by atoms with E-state index in [2.05, 4.69) is 4.98 Å². The molecule has 5 rings (SSSR count). The number of amides is 1. The zero-order valence-corrected chi connectivity index (χ0v) is 19.6. The molecule has 3 heterocycles. The second-order valence-corrected chi connectivity index (χ2v) is 8.31. The van der Waals surface area contributed by atoms with Crippen LogP contribution in [0.1, 0.15) is 40.3 Å². The molecule has 1 aliphatic heterocycles. The number of aromatic nitrogens is 1. The highest BCUT2D eigenvalue weighted by Crippen LogP contribution is 2.43. The quantitative estimate of drug-likeness (QED) is 0.388. The molecule has 1 atom stereocenters. The van der Waals surface area contributed by atoms with Crippen LogP contribution in [0.2, 0.25) is 5.02 Å². The van der Waals surface area contributed by atoms with Gasteiger partial charge in [-0.15, -0.1) is 0 Å². The summed E-state index contributed by atoms with van der Waals surface area (Å²) < 4.78 is 17.1. The number of methoxy groups -OCH3 is 1. The second-order valence-electron chi connectivity index (χ2n) is 7.87.